The monoisotopic (exact) mass is 205 g/mol. The first-order chi connectivity index (χ1) is 7.08. The lowest BCUT2D eigenvalue weighted by molar-refractivity contribution is 0.477. The minimum atomic E-state index is 0.0422. The molecule has 78 valence electrons. The third-order valence-corrected chi connectivity index (χ3v) is 2.06. The number of phenolic OH excluding ortho intramolecular Hbond substituents is 1. The Morgan fingerprint density at radius 2 is 2.07 bits per heavy atom. The Bertz CT molecular complexity index is 486. The van der Waals surface area contributed by atoms with Crippen molar-refractivity contribution in [2.24, 2.45) is 7.05 Å². The molecule has 0 saturated heterocycles. The number of rotatable bonds is 1. The van der Waals surface area contributed by atoms with E-state index in [1.165, 1.54) is 10.7 Å². The van der Waals surface area contributed by atoms with Gasteiger partial charge < -0.3 is 16.6 Å². The molecule has 1 heterocycles. The van der Waals surface area contributed by atoms with Crippen LogP contribution in [0.25, 0.3) is 11.4 Å². The highest BCUT2D eigenvalue weighted by atomic mass is 16.3. The molecule has 2 aromatic rings. The lowest BCUT2D eigenvalue weighted by atomic mass is 10.2. The van der Waals surface area contributed by atoms with Gasteiger partial charge in [-0.05, 0) is 12.1 Å². The van der Waals surface area contributed by atoms with E-state index in [-0.39, 0.29) is 5.75 Å². The number of benzene rings is 1. The Morgan fingerprint density at radius 3 is 2.60 bits per heavy atom. The van der Waals surface area contributed by atoms with Gasteiger partial charge in [-0.3, -0.25) is 0 Å². The molecule has 2 rings (SSSR count). The number of hydrogen-bond donors (Lipinski definition) is 3. The molecule has 0 amide bonds. The molecule has 15 heavy (non-hydrogen) atoms. The van der Waals surface area contributed by atoms with Crippen molar-refractivity contribution in [1.82, 2.24) is 14.8 Å². The molecule has 6 heteroatoms. The quantitative estimate of drug-likeness (QED) is 0.583. The minimum Gasteiger partial charge on any atom is -0.507 e. The molecule has 0 saturated carbocycles. The Morgan fingerprint density at radius 1 is 1.33 bits per heavy atom. The Kier molecular flexibility index (Phi) is 1.96. The van der Waals surface area contributed by atoms with Crippen LogP contribution < -0.4 is 11.5 Å². The maximum absolute atomic E-state index is 9.63. The van der Waals surface area contributed by atoms with E-state index >= 15 is 0 Å². The van der Waals surface area contributed by atoms with Gasteiger partial charge in [-0.2, -0.15) is 4.98 Å². The third kappa shape index (κ3) is 1.56. The van der Waals surface area contributed by atoms with E-state index in [4.69, 9.17) is 11.5 Å². The van der Waals surface area contributed by atoms with Crippen LogP contribution in [0, 0.1) is 0 Å². The predicted molar refractivity (Wildman–Crippen MR) is 56.9 cm³/mol. The smallest absolute Gasteiger partial charge is 0.218 e. The van der Waals surface area contributed by atoms with Crippen LogP contribution in [0.4, 0.5) is 11.6 Å². The summed E-state index contributed by atoms with van der Waals surface area (Å²) in [7, 11) is 1.68. The second kappa shape index (κ2) is 3.16. The summed E-state index contributed by atoms with van der Waals surface area (Å²) >= 11 is 0. The van der Waals surface area contributed by atoms with Crippen LogP contribution in [0.1, 0.15) is 0 Å². The number of phenols is 1. The number of anilines is 2. The van der Waals surface area contributed by atoms with E-state index in [1.807, 2.05) is 0 Å². The summed E-state index contributed by atoms with van der Waals surface area (Å²) in [4.78, 5) is 4.00. The Labute approximate surface area is 86.2 Å². The van der Waals surface area contributed by atoms with Crippen molar-refractivity contribution >= 4 is 11.6 Å². The molecule has 5 N–H and O–H groups in total. The van der Waals surface area contributed by atoms with E-state index in [9.17, 15) is 5.11 Å². The van der Waals surface area contributed by atoms with Gasteiger partial charge in [0.15, 0.2) is 5.82 Å². The van der Waals surface area contributed by atoms with Gasteiger partial charge in [-0.15, -0.1) is 5.10 Å². The predicted octanol–water partition coefficient (Wildman–Crippen LogP) is 0.352. The molecule has 1 aromatic heterocycles. The van der Waals surface area contributed by atoms with Crippen LogP contribution in [0.5, 0.6) is 5.75 Å². The molecule has 0 bridgehead atoms. The molecule has 0 fully saturated rings. The van der Waals surface area contributed by atoms with E-state index in [0.717, 1.165) is 0 Å². The van der Waals surface area contributed by atoms with Crippen LogP contribution in [0.15, 0.2) is 18.2 Å². The highest BCUT2D eigenvalue weighted by Crippen LogP contribution is 2.28. The zero-order valence-electron chi connectivity index (χ0n) is 8.18. The summed E-state index contributed by atoms with van der Waals surface area (Å²) in [6.07, 6.45) is 0. The highest BCUT2D eigenvalue weighted by molar-refractivity contribution is 5.67. The van der Waals surface area contributed by atoms with Crippen molar-refractivity contribution in [2.45, 2.75) is 0 Å². The van der Waals surface area contributed by atoms with E-state index in [2.05, 4.69) is 10.1 Å². The van der Waals surface area contributed by atoms with Gasteiger partial charge in [0.05, 0.1) is 5.56 Å². The molecule has 0 aliphatic rings. The summed E-state index contributed by atoms with van der Waals surface area (Å²) in [6, 6.07) is 4.77. The number of nitrogen functional groups attached to an aromatic ring is 2. The second-order valence-corrected chi connectivity index (χ2v) is 3.19. The highest BCUT2D eigenvalue weighted by Gasteiger charge is 2.10. The van der Waals surface area contributed by atoms with Crippen molar-refractivity contribution in [3.63, 3.8) is 0 Å². The molecule has 0 spiro atoms. The van der Waals surface area contributed by atoms with Gasteiger partial charge in [0, 0.05) is 18.8 Å². The minimum absolute atomic E-state index is 0.0422. The van der Waals surface area contributed by atoms with Crippen LogP contribution >= 0.6 is 0 Å². The van der Waals surface area contributed by atoms with Crippen LogP contribution in [0.3, 0.4) is 0 Å². The van der Waals surface area contributed by atoms with E-state index in [0.29, 0.717) is 23.0 Å². The normalized spacial score (nSPS) is 10.5. The zero-order chi connectivity index (χ0) is 11.0. The fourth-order valence-corrected chi connectivity index (χ4v) is 1.25. The van der Waals surface area contributed by atoms with Gasteiger partial charge in [-0.1, -0.05) is 0 Å². The van der Waals surface area contributed by atoms with Gasteiger partial charge in [0.2, 0.25) is 5.95 Å². The first kappa shape index (κ1) is 9.32. The number of nitrogens with two attached hydrogens (primary N) is 2. The lowest BCUT2D eigenvalue weighted by Gasteiger charge is -2.00. The van der Waals surface area contributed by atoms with Crippen LogP contribution in [0.2, 0.25) is 0 Å². The molecular weight excluding hydrogens is 194 g/mol. The Hall–Kier alpha value is -2.24. The van der Waals surface area contributed by atoms with Crippen molar-refractivity contribution in [3.05, 3.63) is 18.2 Å². The van der Waals surface area contributed by atoms with Gasteiger partial charge in [-0.25, -0.2) is 4.68 Å². The maximum Gasteiger partial charge on any atom is 0.218 e. The number of nitrogens with zero attached hydrogens (tertiary/aromatic N) is 3. The zero-order valence-corrected chi connectivity index (χ0v) is 8.18. The molecule has 0 aliphatic carbocycles. The molecule has 0 radical (unpaired) electrons. The largest absolute Gasteiger partial charge is 0.507 e. The first-order valence-corrected chi connectivity index (χ1v) is 4.33. The van der Waals surface area contributed by atoms with Crippen molar-refractivity contribution in [1.29, 1.82) is 0 Å². The molecule has 6 nitrogen and oxygen atoms in total. The number of aryl methyl sites for hydroxylation is 1. The van der Waals surface area contributed by atoms with Crippen molar-refractivity contribution in [3.8, 4) is 17.1 Å². The summed E-state index contributed by atoms with van der Waals surface area (Å²) in [5.74, 6) is 0.717. The molecule has 0 unspecified atom stereocenters. The summed E-state index contributed by atoms with van der Waals surface area (Å²) in [6.45, 7) is 0. The fraction of sp³-hybridized carbons (Fsp3) is 0.111. The summed E-state index contributed by atoms with van der Waals surface area (Å²) < 4.78 is 1.44. The average molecular weight is 205 g/mol. The SMILES string of the molecule is Cn1nc(-c2ccc(N)cc2O)nc1N. The lowest BCUT2D eigenvalue weighted by Crippen LogP contribution is -1.97. The van der Waals surface area contributed by atoms with Gasteiger partial charge >= 0.3 is 0 Å². The molecule has 1 aromatic carbocycles. The first-order valence-electron chi connectivity index (χ1n) is 4.33. The van der Waals surface area contributed by atoms with E-state index in [1.54, 1.807) is 19.2 Å². The molecular formula is C9H11N5O. The maximum atomic E-state index is 9.63. The van der Waals surface area contributed by atoms with Gasteiger partial charge in [0.25, 0.3) is 0 Å². The third-order valence-electron chi connectivity index (χ3n) is 2.06. The Balaban J connectivity index is 2.54. The van der Waals surface area contributed by atoms with Crippen molar-refractivity contribution in [2.75, 3.05) is 11.5 Å². The molecule has 0 atom stereocenters. The van der Waals surface area contributed by atoms with Crippen LogP contribution in [-0.4, -0.2) is 19.9 Å². The fourth-order valence-electron chi connectivity index (χ4n) is 1.25. The number of aromatic hydroxyl groups is 1. The standard InChI is InChI=1S/C9H11N5O/c1-14-9(11)12-8(13-14)6-3-2-5(10)4-7(6)15/h2-4,15H,10H2,1H3,(H2,11,12,13). The molecule has 0 aliphatic heterocycles. The topological polar surface area (TPSA) is 103 Å². The average Bonchev–Trinajstić information content (AvgIpc) is 2.46. The number of aromatic nitrogens is 3. The summed E-state index contributed by atoms with van der Waals surface area (Å²) in [5.41, 5.74) is 12.0. The van der Waals surface area contributed by atoms with Gasteiger partial charge in [0.1, 0.15) is 5.75 Å². The van der Waals surface area contributed by atoms with E-state index < -0.39 is 0 Å². The number of hydrogen-bond acceptors (Lipinski definition) is 5. The van der Waals surface area contributed by atoms with Crippen LogP contribution in [-0.2, 0) is 7.05 Å². The second-order valence-electron chi connectivity index (χ2n) is 3.19. The van der Waals surface area contributed by atoms with Crippen molar-refractivity contribution < 1.29 is 5.11 Å². The summed E-state index contributed by atoms with van der Waals surface area (Å²) in [5, 5.41) is 13.7.